The van der Waals surface area contributed by atoms with Crippen LogP contribution in [0.1, 0.15) is 20.7 Å². The average molecular weight is 392 g/mol. The molecule has 0 aliphatic carbocycles. The number of benzene rings is 2. The normalized spacial score (nSPS) is 14.1. The van der Waals surface area contributed by atoms with E-state index in [-0.39, 0.29) is 17.4 Å². The molecular formula is C22H20N2O5. The van der Waals surface area contributed by atoms with E-state index < -0.39 is 5.63 Å². The van der Waals surface area contributed by atoms with Gasteiger partial charge in [-0.05, 0) is 30.3 Å². The molecule has 0 atom stereocenters. The molecule has 1 aromatic heterocycles. The molecular weight excluding hydrogens is 372 g/mol. The monoisotopic (exact) mass is 392 g/mol. The molecule has 2 aromatic carbocycles. The summed E-state index contributed by atoms with van der Waals surface area (Å²) in [5, 5.41) is 0.697. The van der Waals surface area contributed by atoms with Gasteiger partial charge in [0.25, 0.3) is 11.8 Å². The van der Waals surface area contributed by atoms with Crippen molar-refractivity contribution in [3.63, 3.8) is 0 Å². The zero-order valence-corrected chi connectivity index (χ0v) is 16.0. The number of ether oxygens (including phenoxy) is 1. The van der Waals surface area contributed by atoms with Gasteiger partial charge in [0.2, 0.25) is 0 Å². The summed E-state index contributed by atoms with van der Waals surface area (Å²) in [6.07, 6.45) is 0. The van der Waals surface area contributed by atoms with Gasteiger partial charge in [-0.1, -0.05) is 24.3 Å². The lowest BCUT2D eigenvalue weighted by atomic mass is 10.1. The summed E-state index contributed by atoms with van der Waals surface area (Å²) in [7, 11) is 1.55. The number of nitrogens with zero attached hydrogens (tertiary/aromatic N) is 2. The van der Waals surface area contributed by atoms with E-state index >= 15 is 0 Å². The van der Waals surface area contributed by atoms with Gasteiger partial charge in [0.1, 0.15) is 16.9 Å². The maximum Gasteiger partial charge on any atom is 0.349 e. The van der Waals surface area contributed by atoms with Crippen LogP contribution in [0.15, 0.2) is 63.8 Å². The number of hydrogen-bond acceptors (Lipinski definition) is 5. The highest BCUT2D eigenvalue weighted by Crippen LogP contribution is 2.17. The summed E-state index contributed by atoms with van der Waals surface area (Å²) in [4.78, 5) is 41.1. The molecule has 7 nitrogen and oxygen atoms in total. The molecule has 0 unspecified atom stereocenters. The zero-order valence-electron chi connectivity index (χ0n) is 16.0. The van der Waals surface area contributed by atoms with E-state index in [9.17, 15) is 14.4 Å². The Bertz CT molecular complexity index is 1130. The number of hydrogen-bond donors (Lipinski definition) is 0. The summed E-state index contributed by atoms with van der Waals surface area (Å²) in [6.45, 7) is 1.48. The minimum Gasteiger partial charge on any atom is -0.497 e. The number of piperazine rings is 1. The van der Waals surface area contributed by atoms with Gasteiger partial charge in [0.15, 0.2) is 0 Å². The summed E-state index contributed by atoms with van der Waals surface area (Å²) in [5.41, 5.74) is 0.349. The topological polar surface area (TPSA) is 80.1 Å². The number of carbonyl (C=O) groups is 2. The highest BCUT2D eigenvalue weighted by Gasteiger charge is 2.27. The number of para-hydroxylation sites is 1. The molecule has 0 N–H and O–H groups in total. The van der Waals surface area contributed by atoms with Crippen molar-refractivity contribution in [1.29, 1.82) is 0 Å². The number of carbonyl (C=O) groups excluding carboxylic acids is 2. The second-order valence-electron chi connectivity index (χ2n) is 6.80. The van der Waals surface area contributed by atoms with Crippen LogP contribution in [-0.2, 0) is 0 Å². The van der Waals surface area contributed by atoms with Crippen molar-refractivity contribution in [3.05, 3.63) is 76.1 Å². The first-order chi connectivity index (χ1) is 14.1. The first-order valence-corrected chi connectivity index (χ1v) is 9.32. The highest BCUT2D eigenvalue weighted by atomic mass is 16.5. The zero-order chi connectivity index (χ0) is 20.4. The summed E-state index contributed by atoms with van der Waals surface area (Å²) in [5.74, 6) is 0.131. The Hall–Kier alpha value is -3.61. The Morgan fingerprint density at radius 1 is 0.897 bits per heavy atom. The van der Waals surface area contributed by atoms with Gasteiger partial charge >= 0.3 is 5.63 Å². The van der Waals surface area contributed by atoms with E-state index in [1.807, 2.05) is 6.07 Å². The van der Waals surface area contributed by atoms with E-state index in [4.69, 9.17) is 9.15 Å². The third kappa shape index (κ3) is 3.71. The quantitative estimate of drug-likeness (QED) is 0.640. The lowest BCUT2D eigenvalue weighted by molar-refractivity contribution is 0.0533. The standard InChI is InChI=1S/C22H20N2O5/c1-28-17-7-4-6-16(13-17)20(25)23-9-11-24(12-10-23)21(26)18-14-15-5-2-3-8-19(15)29-22(18)27/h2-8,13-14H,9-12H2,1H3. The molecule has 29 heavy (non-hydrogen) atoms. The van der Waals surface area contributed by atoms with Crippen LogP contribution < -0.4 is 10.4 Å². The van der Waals surface area contributed by atoms with Gasteiger partial charge in [-0.2, -0.15) is 0 Å². The second kappa shape index (κ2) is 7.79. The van der Waals surface area contributed by atoms with Crippen LogP contribution in [-0.4, -0.2) is 54.9 Å². The summed E-state index contributed by atoms with van der Waals surface area (Å²) in [6, 6.07) is 15.6. The van der Waals surface area contributed by atoms with Gasteiger partial charge in [-0.15, -0.1) is 0 Å². The predicted octanol–water partition coefficient (Wildman–Crippen LogP) is 2.40. The largest absolute Gasteiger partial charge is 0.497 e. The minimum absolute atomic E-state index is 0.0104. The molecule has 0 bridgehead atoms. The Morgan fingerprint density at radius 2 is 1.59 bits per heavy atom. The minimum atomic E-state index is -0.649. The van der Waals surface area contributed by atoms with Crippen LogP contribution >= 0.6 is 0 Å². The smallest absolute Gasteiger partial charge is 0.349 e. The third-order valence-corrected chi connectivity index (χ3v) is 5.04. The number of rotatable bonds is 3. The van der Waals surface area contributed by atoms with Crippen molar-refractivity contribution >= 4 is 22.8 Å². The lowest BCUT2D eigenvalue weighted by Crippen LogP contribution is -2.51. The van der Waals surface area contributed by atoms with Crippen molar-refractivity contribution in [2.75, 3.05) is 33.3 Å². The number of fused-ring (bicyclic) bond motifs is 1. The SMILES string of the molecule is COc1cccc(C(=O)N2CCN(C(=O)c3cc4ccccc4oc3=O)CC2)c1. The predicted molar refractivity (Wildman–Crippen MR) is 107 cm³/mol. The fraction of sp³-hybridized carbons (Fsp3) is 0.227. The molecule has 1 saturated heterocycles. The number of methoxy groups -OCH3 is 1. The molecule has 7 heteroatoms. The molecule has 2 heterocycles. The lowest BCUT2D eigenvalue weighted by Gasteiger charge is -2.34. The molecule has 4 rings (SSSR count). The van der Waals surface area contributed by atoms with Crippen LogP contribution in [0.5, 0.6) is 5.75 Å². The maximum atomic E-state index is 12.8. The van der Waals surface area contributed by atoms with E-state index in [2.05, 4.69) is 0 Å². The number of amides is 2. The molecule has 0 radical (unpaired) electrons. The fourth-order valence-corrected chi connectivity index (χ4v) is 3.43. The van der Waals surface area contributed by atoms with Gasteiger partial charge in [0, 0.05) is 37.1 Å². The third-order valence-electron chi connectivity index (χ3n) is 5.04. The van der Waals surface area contributed by atoms with Crippen molar-refractivity contribution in [2.45, 2.75) is 0 Å². The molecule has 3 aromatic rings. The van der Waals surface area contributed by atoms with E-state index in [0.29, 0.717) is 48.5 Å². The molecule has 1 aliphatic heterocycles. The van der Waals surface area contributed by atoms with Crippen LogP contribution in [0.4, 0.5) is 0 Å². The van der Waals surface area contributed by atoms with Gasteiger partial charge in [-0.3, -0.25) is 9.59 Å². The second-order valence-corrected chi connectivity index (χ2v) is 6.80. The van der Waals surface area contributed by atoms with Gasteiger partial charge in [-0.25, -0.2) is 4.79 Å². The van der Waals surface area contributed by atoms with Crippen LogP contribution in [0.3, 0.4) is 0 Å². The highest BCUT2D eigenvalue weighted by molar-refractivity contribution is 5.97. The van der Waals surface area contributed by atoms with Crippen molar-refractivity contribution in [2.24, 2.45) is 0 Å². The van der Waals surface area contributed by atoms with E-state index in [1.54, 1.807) is 65.4 Å². The molecule has 2 amide bonds. The fourth-order valence-electron chi connectivity index (χ4n) is 3.43. The first-order valence-electron chi connectivity index (χ1n) is 9.32. The van der Waals surface area contributed by atoms with Crippen molar-refractivity contribution in [3.8, 4) is 5.75 Å². The van der Waals surface area contributed by atoms with Gasteiger partial charge in [0.05, 0.1) is 7.11 Å². The molecule has 0 saturated carbocycles. The first kappa shape index (κ1) is 18.7. The molecule has 0 spiro atoms. The van der Waals surface area contributed by atoms with Crippen molar-refractivity contribution < 1.29 is 18.7 Å². The van der Waals surface area contributed by atoms with Crippen molar-refractivity contribution in [1.82, 2.24) is 9.80 Å². The van der Waals surface area contributed by atoms with Gasteiger partial charge < -0.3 is 19.0 Å². The maximum absolute atomic E-state index is 12.8. The summed E-state index contributed by atoms with van der Waals surface area (Å²) >= 11 is 0. The van der Waals surface area contributed by atoms with Crippen LogP contribution in [0.2, 0.25) is 0 Å². The molecule has 1 fully saturated rings. The Balaban J connectivity index is 1.47. The molecule has 1 aliphatic rings. The Labute approximate surface area is 167 Å². The average Bonchev–Trinajstić information content (AvgIpc) is 2.77. The Kier molecular flexibility index (Phi) is 5.03. The molecule has 148 valence electrons. The van der Waals surface area contributed by atoms with E-state index in [0.717, 1.165) is 0 Å². The summed E-state index contributed by atoms with van der Waals surface area (Å²) < 4.78 is 10.4. The van der Waals surface area contributed by atoms with Crippen LogP contribution in [0.25, 0.3) is 11.0 Å². The Morgan fingerprint density at radius 3 is 2.31 bits per heavy atom. The van der Waals surface area contributed by atoms with E-state index in [1.165, 1.54) is 0 Å². The van der Waals surface area contributed by atoms with Crippen LogP contribution in [0, 0.1) is 0 Å².